The molecule has 128 valence electrons. The SMILES string of the molecule is Fc1cc(F)c(P(c2ccccc2)c2c(F)cc(F)cc2F)c(F)c1. The molecule has 0 spiro atoms. The summed E-state index contributed by atoms with van der Waals surface area (Å²) in [6, 6.07) is 9.32. The van der Waals surface area contributed by atoms with Crippen LogP contribution >= 0.6 is 7.92 Å². The lowest BCUT2D eigenvalue weighted by molar-refractivity contribution is 0.552. The van der Waals surface area contributed by atoms with Gasteiger partial charge in [0.1, 0.15) is 34.9 Å². The van der Waals surface area contributed by atoms with Gasteiger partial charge in [0.05, 0.1) is 10.6 Å². The van der Waals surface area contributed by atoms with Crippen LogP contribution in [-0.2, 0) is 0 Å². The van der Waals surface area contributed by atoms with Crippen molar-refractivity contribution in [2.45, 2.75) is 0 Å². The molecule has 0 aliphatic carbocycles. The minimum Gasteiger partial charge on any atom is -0.207 e. The van der Waals surface area contributed by atoms with Crippen molar-refractivity contribution in [3.05, 3.63) is 89.5 Å². The minimum atomic E-state index is -2.39. The fraction of sp³-hybridized carbons (Fsp3) is 0. The highest BCUT2D eigenvalue weighted by atomic mass is 31.1. The maximum Gasteiger partial charge on any atom is 0.137 e. The first-order chi connectivity index (χ1) is 11.9. The van der Waals surface area contributed by atoms with E-state index in [2.05, 4.69) is 0 Å². The summed E-state index contributed by atoms with van der Waals surface area (Å²) >= 11 is 0. The Morgan fingerprint density at radius 1 is 0.520 bits per heavy atom. The van der Waals surface area contributed by atoms with Gasteiger partial charge in [-0.2, -0.15) is 0 Å². The molecule has 0 aromatic heterocycles. The Labute approximate surface area is 140 Å². The van der Waals surface area contributed by atoms with Crippen molar-refractivity contribution in [2.75, 3.05) is 0 Å². The second kappa shape index (κ2) is 6.89. The second-order valence-corrected chi connectivity index (χ2v) is 7.19. The van der Waals surface area contributed by atoms with E-state index in [-0.39, 0.29) is 5.30 Å². The number of hydrogen-bond acceptors (Lipinski definition) is 0. The van der Waals surface area contributed by atoms with E-state index in [0.29, 0.717) is 24.3 Å². The van der Waals surface area contributed by atoms with Gasteiger partial charge in [0.25, 0.3) is 0 Å². The third kappa shape index (κ3) is 3.40. The van der Waals surface area contributed by atoms with Crippen LogP contribution in [0.25, 0.3) is 0 Å². The number of hydrogen-bond donors (Lipinski definition) is 0. The van der Waals surface area contributed by atoms with Crippen molar-refractivity contribution in [3.8, 4) is 0 Å². The summed E-state index contributed by atoms with van der Waals surface area (Å²) in [5.41, 5.74) is 0. The second-order valence-electron chi connectivity index (χ2n) is 5.11. The molecule has 3 rings (SSSR count). The summed E-state index contributed by atoms with van der Waals surface area (Å²) in [6.07, 6.45) is 0. The maximum absolute atomic E-state index is 14.3. The average Bonchev–Trinajstić information content (AvgIpc) is 2.52. The van der Waals surface area contributed by atoms with Gasteiger partial charge in [-0.1, -0.05) is 30.3 Å². The molecule has 0 saturated carbocycles. The molecule has 0 nitrogen and oxygen atoms in total. The van der Waals surface area contributed by atoms with Gasteiger partial charge in [-0.25, -0.2) is 26.3 Å². The fourth-order valence-corrected chi connectivity index (χ4v) is 4.77. The largest absolute Gasteiger partial charge is 0.207 e. The van der Waals surface area contributed by atoms with Crippen molar-refractivity contribution >= 4 is 23.8 Å². The van der Waals surface area contributed by atoms with Gasteiger partial charge in [0.2, 0.25) is 0 Å². The van der Waals surface area contributed by atoms with E-state index in [0.717, 1.165) is 0 Å². The molecule has 0 unspecified atom stereocenters. The lowest BCUT2D eigenvalue weighted by Gasteiger charge is -2.21. The highest BCUT2D eigenvalue weighted by Crippen LogP contribution is 2.37. The first-order valence-electron chi connectivity index (χ1n) is 7.02. The zero-order valence-corrected chi connectivity index (χ0v) is 13.3. The average molecular weight is 370 g/mol. The summed E-state index contributed by atoms with van der Waals surface area (Å²) in [6.45, 7) is 0. The Morgan fingerprint density at radius 3 is 1.24 bits per heavy atom. The van der Waals surface area contributed by atoms with Crippen LogP contribution in [0.1, 0.15) is 0 Å². The molecule has 25 heavy (non-hydrogen) atoms. The smallest absolute Gasteiger partial charge is 0.137 e. The molecule has 0 N–H and O–H groups in total. The van der Waals surface area contributed by atoms with Gasteiger partial charge in [0, 0.05) is 24.3 Å². The van der Waals surface area contributed by atoms with Gasteiger partial charge in [-0.3, -0.25) is 0 Å². The molecule has 3 aromatic carbocycles. The van der Waals surface area contributed by atoms with E-state index in [1.54, 1.807) is 6.07 Å². The summed E-state index contributed by atoms with van der Waals surface area (Å²) in [5, 5.41) is -1.09. The topological polar surface area (TPSA) is 0 Å². The molecule has 0 bridgehead atoms. The molecule has 0 heterocycles. The van der Waals surface area contributed by atoms with Gasteiger partial charge in [0.15, 0.2) is 0 Å². The first kappa shape index (κ1) is 17.5. The molecule has 0 saturated heterocycles. The summed E-state index contributed by atoms with van der Waals surface area (Å²) < 4.78 is 83.6. The van der Waals surface area contributed by atoms with Crippen LogP contribution in [0.15, 0.2) is 54.6 Å². The van der Waals surface area contributed by atoms with Crippen LogP contribution in [0.4, 0.5) is 26.3 Å². The molecule has 3 aromatic rings. The van der Waals surface area contributed by atoms with Crippen LogP contribution in [0.2, 0.25) is 0 Å². The van der Waals surface area contributed by atoms with E-state index in [1.165, 1.54) is 24.3 Å². The van der Waals surface area contributed by atoms with E-state index in [9.17, 15) is 26.3 Å². The van der Waals surface area contributed by atoms with E-state index in [1.807, 2.05) is 0 Å². The Bertz CT molecular complexity index is 823. The molecule has 0 radical (unpaired) electrons. The van der Waals surface area contributed by atoms with Crippen molar-refractivity contribution in [1.82, 2.24) is 0 Å². The molecule has 0 atom stereocenters. The van der Waals surface area contributed by atoms with Gasteiger partial charge in [-0.15, -0.1) is 0 Å². The highest BCUT2D eigenvalue weighted by molar-refractivity contribution is 7.79. The lowest BCUT2D eigenvalue weighted by atomic mass is 10.3. The Kier molecular flexibility index (Phi) is 4.82. The number of halogens is 6. The van der Waals surface area contributed by atoms with E-state index < -0.39 is 53.4 Å². The molecule has 7 heteroatoms. The van der Waals surface area contributed by atoms with Crippen molar-refractivity contribution in [1.29, 1.82) is 0 Å². The van der Waals surface area contributed by atoms with Crippen molar-refractivity contribution < 1.29 is 26.3 Å². The van der Waals surface area contributed by atoms with Crippen LogP contribution < -0.4 is 15.9 Å². The van der Waals surface area contributed by atoms with Crippen molar-refractivity contribution in [3.63, 3.8) is 0 Å². The van der Waals surface area contributed by atoms with E-state index in [4.69, 9.17) is 0 Å². The standard InChI is InChI=1S/C18H9F6P/c19-10-6-13(21)17(14(22)7-10)25(12-4-2-1-3-5-12)18-15(23)8-11(20)9-16(18)24/h1-9H. The predicted octanol–water partition coefficient (Wildman–Crippen LogP) is 4.28. The minimum absolute atomic E-state index is 0.228. The number of rotatable bonds is 3. The van der Waals surface area contributed by atoms with E-state index >= 15 is 0 Å². The van der Waals surface area contributed by atoms with Gasteiger partial charge in [-0.05, 0) is 13.2 Å². The fourth-order valence-electron chi connectivity index (χ4n) is 2.44. The summed E-state index contributed by atoms with van der Waals surface area (Å²) in [5.74, 6) is -7.37. The predicted molar refractivity (Wildman–Crippen MR) is 84.9 cm³/mol. The van der Waals surface area contributed by atoms with Crippen LogP contribution in [-0.4, -0.2) is 0 Å². The third-order valence-corrected chi connectivity index (χ3v) is 5.99. The van der Waals surface area contributed by atoms with Crippen LogP contribution in [0.3, 0.4) is 0 Å². The quantitative estimate of drug-likeness (QED) is 0.477. The monoisotopic (exact) mass is 370 g/mol. The Balaban J connectivity index is 2.34. The van der Waals surface area contributed by atoms with Crippen molar-refractivity contribution in [2.24, 2.45) is 0 Å². The summed E-state index contributed by atoms with van der Waals surface area (Å²) in [7, 11) is -2.39. The van der Waals surface area contributed by atoms with Gasteiger partial charge < -0.3 is 0 Å². The highest BCUT2D eigenvalue weighted by Gasteiger charge is 2.30. The van der Waals surface area contributed by atoms with Crippen LogP contribution in [0, 0.1) is 34.9 Å². The molecule has 0 fully saturated rings. The van der Waals surface area contributed by atoms with Crippen LogP contribution in [0.5, 0.6) is 0 Å². The normalized spacial score (nSPS) is 11.2. The first-order valence-corrected chi connectivity index (χ1v) is 8.37. The Morgan fingerprint density at radius 2 is 0.880 bits per heavy atom. The molecule has 0 aliphatic rings. The van der Waals surface area contributed by atoms with Gasteiger partial charge >= 0.3 is 0 Å². The molecular weight excluding hydrogens is 361 g/mol. The molecule has 0 amide bonds. The molecular formula is C18H9F6P. The maximum atomic E-state index is 14.3. The lowest BCUT2D eigenvalue weighted by Crippen LogP contribution is -2.29. The molecule has 0 aliphatic heterocycles. The summed E-state index contributed by atoms with van der Waals surface area (Å²) in [4.78, 5) is 0. The number of benzene rings is 3. The zero-order chi connectivity index (χ0) is 18.1. The Hall–Kier alpha value is -2.33. The zero-order valence-electron chi connectivity index (χ0n) is 12.4. The third-order valence-electron chi connectivity index (χ3n) is 3.42.